The molecule has 0 aromatic carbocycles. The van der Waals surface area contributed by atoms with Crippen LogP contribution in [0.1, 0.15) is 24.9 Å². The van der Waals surface area contributed by atoms with Gasteiger partial charge in [-0.15, -0.1) is 0 Å². The normalized spacial score (nSPS) is 15.8. The van der Waals surface area contributed by atoms with Crippen molar-refractivity contribution in [2.45, 2.75) is 25.4 Å². The molecule has 0 saturated carbocycles. The molecule has 2 unspecified atom stereocenters. The van der Waals surface area contributed by atoms with Crippen LogP contribution >= 0.6 is 11.3 Å². The number of nitrogens with zero attached hydrogens (tertiary/aromatic N) is 1. The minimum atomic E-state index is -2.93. The lowest BCUT2D eigenvalue weighted by Gasteiger charge is -2.31. The minimum Gasteiger partial charge on any atom is -0.326 e. The Morgan fingerprint density at radius 2 is 2.17 bits per heavy atom. The van der Waals surface area contributed by atoms with E-state index >= 15 is 0 Å². The Bertz CT molecular complexity index is 443. The monoisotopic (exact) mass is 290 g/mol. The van der Waals surface area contributed by atoms with Gasteiger partial charge in [0.25, 0.3) is 0 Å². The summed E-state index contributed by atoms with van der Waals surface area (Å²) in [7, 11) is -1.00. The highest BCUT2D eigenvalue weighted by molar-refractivity contribution is 7.90. The summed E-state index contributed by atoms with van der Waals surface area (Å²) in [6.45, 7) is 2.56. The number of hydrogen-bond acceptors (Lipinski definition) is 5. The zero-order chi connectivity index (χ0) is 13.8. The zero-order valence-corrected chi connectivity index (χ0v) is 12.8. The molecule has 0 fully saturated rings. The lowest BCUT2D eigenvalue weighted by Crippen LogP contribution is -2.40. The van der Waals surface area contributed by atoms with E-state index < -0.39 is 9.84 Å². The summed E-state index contributed by atoms with van der Waals surface area (Å²) < 4.78 is 22.5. The molecule has 6 heteroatoms. The zero-order valence-electron chi connectivity index (χ0n) is 11.2. The van der Waals surface area contributed by atoms with Crippen LogP contribution < -0.4 is 5.73 Å². The summed E-state index contributed by atoms with van der Waals surface area (Å²) in [5.41, 5.74) is 7.33. The molecule has 104 valence electrons. The molecule has 18 heavy (non-hydrogen) atoms. The second kappa shape index (κ2) is 6.65. The van der Waals surface area contributed by atoms with E-state index in [-0.39, 0.29) is 17.8 Å². The fraction of sp³-hybridized carbons (Fsp3) is 0.667. The van der Waals surface area contributed by atoms with E-state index in [9.17, 15) is 8.42 Å². The molecule has 2 N–H and O–H groups in total. The number of sulfone groups is 1. The van der Waals surface area contributed by atoms with E-state index in [0.717, 1.165) is 6.42 Å². The van der Waals surface area contributed by atoms with Crippen molar-refractivity contribution in [1.29, 1.82) is 0 Å². The molecular formula is C12H22N2O2S2. The first-order chi connectivity index (χ1) is 8.35. The third-order valence-corrected chi connectivity index (χ3v) is 4.68. The predicted octanol–water partition coefficient (Wildman–Crippen LogP) is 1.50. The average Bonchev–Trinajstić information content (AvgIpc) is 2.79. The minimum absolute atomic E-state index is 0.0177. The molecule has 0 bridgehead atoms. The van der Waals surface area contributed by atoms with E-state index in [1.54, 1.807) is 11.3 Å². The molecule has 4 nitrogen and oxygen atoms in total. The summed E-state index contributed by atoms with van der Waals surface area (Å²) >= 11 is 1.64. The van der Waals surface area contributed by atoms with Crippen LogP contribution in [0.2, 0.25) is 0 Å². The average molecular weight is 290 g/mol. The van der Waals surface area contributed by atoms with Crippen molar-refractivity contribution in [3.8, 4) is 0 Å². The highest BCUT2D eigenvalue weighted by Gasteiger charge is 2.23. The Morgan fingerprint density at radius 1 is 1.50 bits per heavy atom. The van der Waals surface area contributed by atoms with E-state index in [4.69, 9.17) is 5.73 Å². The molecule has 0 spiro atoms. The van der Waals surface area contributed by atoms with Crippen LogP contribution in [0.4, 0.5) is 0 Å². The van der Waals surface area contributed by atoms with Crippen molar-refractivity contribution in [2.24, 2.45) is 5.73 Å². The van der Waals surface area contributed by atoms with Gasteiger partial charge in [0, 0.05) is 18.8 Å². The highest BCUT2D eigenvalue weighted by atomic mass is 32.2. The smallest absolute Gasteiger partial charge is 0.148 e. The summed E-state index contributed by atoms with van der Waals surface area (Å²) in [5, 5.41) is 4.10. The third kappa shape index (κ3) is 4.68. The van der Waals surface area contributed by atoms with Crippen molar-refractivity contribution in [3.05, 3.63) is 22.4 Å². The number of hydrogen-bond donors (Lipinski definition) is 1. The highest BCUT2D eigenvalue weighted by Crippen LogP contribution is 2.25. The Kier molecular flexibility index (Phi) is 5.78. The van der Waals surface area contributed by atoms with Gasteiger partial charge in [0.2, 0.25) is 0 Å². The fourth-order valence-corrected chi connectivity index (χ4v) is 3.25. The van der Waals surface area contributed by atoms with E-state index in [1.165, 1.54) is 11.8 Å². The SMILES string of the molecule is CCC(N)C(c1ccsc1)N(C)CCS(C)(=O)=O. The number of rotatable bonds is 7. The standard InChI is InChI=1S/C12H22N2O2S2/c1-4-11(13)12(10-5-7-17-9-10)14(2)6-8-18(3,15)16/h5,7,9,11-12H,4,6,8,13H2,1-3H3. The second-order valence-electron chi connectivity index (χ2n) is 4.68. The molecule has 0 saturated heterocycles. The van der Waals surface area contributed by atoms with Gasteiger partial charge < -0.3 is 5.73 Å². The largest absolute Gasteiger partial charge is 0.326 e. The molecular weight excluding hydrogens is 268 g/mol. The van der Waals surface area contributed by atoms with Gasteiger partial charge in [-0.2, -0.15) is 11.3 Å². The van der Waals surface area contributed by atoms with Crippen LogP contribution in [-0.4, -0.2) is 45.0 Å². The molecule has 0 amide bonds. The Morgan fingerprint density at radius 3 is 2.61 bits per heavy atom. The first-order valence-electron chi connectivity index (χ1n) is 6.00. The van der Waals surface area contributed by atoms with Gasteiger partial charge >= 0.3 is 0 Å². The van der Waals surface area contributed by atoms with Crippen LogP contribution in [0.15, 0.2) is 16.8 Å². The summed E-state index contributed by atoms with van der Waals surface area (Å²) in [4.78, 5) is 2.04. The van der Waals surface area contributed by atoms with Crippen LogP contribution in [0.3, 0.4) is 0 Å². The van der Waals surface area contributed by atoms with Crippen molar-refractivity contribution >= 4 is 21.2 Å². The van der Waals surface area contributed by atoms with Crippen molar-refractivity contribution < 1.29 is 8.42 Å². The maximum atomic E-state index is 11.2. The van der Waals surface area contributed by atoms with Gasteiger partial charge in [-0.25, -0.2) is 8.42 Å². The third-order valence-electron chi connectivity index (χ3n) is 3.05. The van der Waals surface area contributed by atoms with Crippen LogP contribution in [0.25, 0.3) is 0 Å². The van der Waals surface area contributed by atoms with Crippen molar-refractivity contribution in [3.63, 3.8) is 0 Å². The van der Waals surface area contributed by atoms with E-state index in [1.807, 2.05) is 17.3 Å². The topological polar surface area (TPSA) is 63.4 Å². The Balaban J connectivity index is 2.78. The molecule has 2 atom stereocenters. The van der Waals surface area contributed by atoms with E-state index in [0.29, 0.717) is 6.54 Å². The van der Waals surface area contributed by atoms with Crippen LogP contribution in [0.5, 0.6) is 0 Å². The molecule has 1 rings (SSSR count). The molecule has 1 aromatic rings. The van der Waals surface area contributed by atoms with Crippen LogP contribution in [-0.2, 0) is 9.84 Å². The van der Waals surface area contributed by atoms with Crippen molar-refractivity contribution in [1.82, 2.24) is 4.90 Å². The molecule has 0 aliphatic carbocycles. The molecule has 0 radical (unpaired) electrons. The number of thiophene rings is 1. The second-order valence-corrected chi connectivity index (χ2v) is 7.72. The van der Waals surface area contributed by atoms with Gasteiger partial charge in [0.15, 0.2) is 0 Å². The number of nitrogens with two attached hydrogens (primary N) is 1. The first-order valence-corrected chi connectivity index (χ1v) is 9.01. The lowest BCUT2D eigenvalue weighted by atomic mass is 9.99. The van der Waals surface area contributed by atoms with Gasteiger partial charge in [-0.1, -0.05) is 6.92 Å². The van der Waals surface area contributed by atoms with Gasteiger partial charge in [0.1, 0.15) is 9.84 Å². The molecule has 1 aromatic heterocycles. The van der Waals surface area contributed by atoms with Gasteiger partial charge in [-0.3, -0.25) is 4.90 Å². The Labute approximate surface area is 114 Å². The van der Waals surface area contributed by atoms with Gasteiger partial charge in [0.05, 0.1) is 11.8 Å². The summed E-state index contributed by atoms with van der Waals surface area (Å²) in [6, 6.07) is 2.16. The maximum absolute atomic E-state index is 11.2. The lowest BCUT2D eigenvalue weighted by molar-refractivity contribution is 0.221. The van der Waals surface area contributed by atoms with Crippen LogP contribution in [0, 0.1) is 0 Å². The fourth-order valence-electron chi connectivity index (χ4n) is 1.94. The number of likely N-dealkylation sites (N-methyl/N-ethyl adjacent to an activating group) is 1. The Hall–Kier alpha value is -0.430. The molecule has 0 aliphatic heterocycles. The summed E-state index contributed by atoms with van der Waals surface area (Å²) in [5.74, 6) is 0.167. The van der Waals surface area contributed by atoms with E-state index in [2.05, 4.69) is 18.4 Å². The molecule has 1 heterocycles. The predicted molar refractivity (Wildman–Crippen MR) is 77.7 cm³/mol. The quantitative estimate of drug-likeness (QED) is 0.826. The first kappa shape index (κ1) is 15.6. The molecule has 0 aliphatic rings. The summed E-state index contributed by atoms with van der Waals surface area (Å²) in [6.07, 6.45) is 2.13. The van der Waals surface area contributed by atoms with Gasteiger partial charge in [-0.05, 0) is 35.9 Å². The maximum Gasteiger partial charge on any atom is 0.148 e. The van der Waals surface area contributed by atoms with Crippen molar-refractivity contribution in [2.75, 3.05) is 25.6 Å².